The fourth-order valence-electron chi connectivity index (χ4n) is 2.00. The summed E-state index contributed by atoms with van der Waals surface area (Å²) in [6.45, 7) is 9.83. The smallest absolute Gasteiger partial charge is 0.219 e. The molecule has 0 aliphatic rings. The van der Waals surface area contributed by atoms with Crippen LogP contribution in [0.5, 0.6) is 0 Å². The zero-order chi connectivity index (χ0) is 13.9. The zero-order valence-corrected chi connectivity index (χ0v) is 13.0. The first-order chi connectivity index (χ1) is 8.45. The van der Waals surface area contributed by atoms with Crippen molar-refractivity contribution in [3.63, 3.8) is 0 Å². The summed E-state index contributed by atoms with van der Waals surface area (Å²) >= 11 is 0. The molecule has 1 N–H and O–H groups in total. The van der Waals surface area contributed by atoms with Crippen LogP contribution in [0.2, 0.25) is 0 Å². The van der Waals surface area contributed by atoms with E-state index in [1.54, 1.807) is 0 Å². The van der Waals surface area contributed by atoms with E-state index in [-0.39, 0.29) is 5.91 Å². The van der Waals surface area contributed by atoms with E-state index < -0.39 is 0 Å². The summed E-state index contributed by atoms with van der Waals surface area (Å²) in [5.74, 6) is 0.226. The molecule has 0 saturated carbocycles. The molecule has 0 unspecified atom stereocenters. The van der Waals surface area contributed by atoms with Crippen molar-refractivity contribution in [3.8, 4) is 0 Å². The highest BCUT2D eigenvalue weighted by Gasteiger charge is 2.08. The van der Waals surface area contributed by atoms with Crippen molar-refractivity contribution in [2.75, 3.05) is 6.54 Å². The predicted octanol–water partition coefficient (Wildman–Crippen LogP) is 4.68. The van der Waals surface area contributed by atoms with E-state index >= 15 is 0 Å². The largest absolute Gasteiger partial charge is 0.356 e. The van der Waals surface area contributed by atoms with E-state index in [0.29, 0.717) is 11.8 Å². The molecule has 0 aromatic carbocycles. The molecule has 1 amide bonds. The molecule has 0 aromatic heterocycles. The van der Waals surface area contributed by atoms with Gasteiger partial charge in [-0.3, -0.25) is 4.79 Å². The first kappa shape index (κ1) is 17.5. The van der Waals surface area contributed by atoms with Crippen molar-refractivity contribution in [2.45, 2.75) is 85.5 Å². The maximum atomic E-state index is 11.3. The van der Waals surface area contributed by atoms with Gasteiger partial charge in [-0.05, 0) is 24.7 Å². The van der Waals surface area contributed by atoms with Crippen LogP contribution in [-0.2, 0) is 4.79 Å². The molecule has 0 aliphatic carbocycles. The van der Waals surface area contributed by atoms with Crippen LogP contribution in [-0.4, -0.2) is 12.5 Å². The number of nitrogens with one attached hydrogen (secondary N) is 1. The molecule has 0 saturated heterocycles. The summed E-state index contributed by atoms with van der Waals surface area (Å²) in [5, 5.41) is 2.92. The van der Waals surface area contributed by atoms with Gasteiger partial charge in [0.2, 0.25) is 5.91 Å². The second kappa shape index (κ2) is 10.4. The lowest BCUT2D eigenvalue weighted by Crippen LogP contribution is -2.23. The number of amides is 1. The SMILES string of the molecule is CCCNC(=O)CCCCCCCCC(C)(C)C. The number of rotatable bonds is 10. The van der Waals surface area contributed by atoms with Gasteiger partial charge in [0.15, 0.2) is 0 Å². The van der Waals surface area contributed by atoms with Gasteiger partial charge in [0.05, 0.1) is 0 Å². The Morgan fingerprint density at radius 1 is 0.944 bits per heavy atom. The summed E-state index contributed by atoms with van der Waals surface area (Å²) in [4.78, 5) is 11.3. The highest BCUT2D eigenvalue weighted by atomic mass is 16.1. The molecule has 0 atom stereocenters. The van der Waals surface area contributed by atoms with Gasteiger partial charge >= 0.3 is 0 Å². The molecular formula is C16H33NO. The van der Waals surface area contributed by atoms with Gasteiger partial charge < -0.3 is 5.32 Å². The number of carbonyl (C=O) groups excluding carboxylic acids is 1. The van der Waals surface area contributed by atoms with Gasteiger partial charge in [-0.15, -0.1) is 0 Å². The van der Waals surface area contributed by atoms with Gasteiger partial charge in [-0.1, -0.05) is 59.8 Å². The summed E-state index contributed by atoms with van der Waals surface area (Å²) in [6.07, 6.45) is 10.6. The van der Waals surface area contributed by atoms with Crippen molar-refractivity contribution in [3.05, 3.63) is 0 Å². The van der Waals surface area contributed by atoms with E-state index in [2.05, 4.69) is 33.0 Å². The Bertz CT molecular complexity index is 206. The lowest BCUT2D eigenvalue weighted by Gasteiger charge is -2.17. The number of unbranched alkanes of at least 4 members (excludes halogenated alkanes) is 5. The minimum atomic E-state index is 0.226. The second-order valence-corrected chi connectivity index (χ2v) is 6.53. The van der Waals surface area contributed by atoms with Crippen molar-refractivity contribution < 1.29 is 4.79 Å². The third-order valence-corrected chi connectivity index (χ3v) is 3.15. The Kier molecular flexibility index (Phi) is 10.1. The quantitative estimate of drug-likeness (QED) is 0.564. The molecule has 0 spiro atoms. The van der Waals surface area contributed by atoms with E-state index in [0.717, 1.165) is 19.4 Å². The van der Waals surface area contributed by atoms with Crippen LogP contribution in [0.25, 0.3) is 0 Å². The highest BCUT2D eigenvalue weighted by Crippen LogP contribution is 2.22. The molecule has 0 fully saturated rings. The Balaban J connectivity index is 3.19. The van der Waals surface area contributed by atoms with Gasteiger partial charge in [0, 0.05) is 13.0 Å². The van der Waals surface area contributed by atoms with Crippen LogP contribution in [0.1, 0.15) is 85.5 Å². The Labute approximate surface area is 114 Å². The molecule has 18 heavy (non-hydrogen) atoms. The van der Waals surface area contributed by atoms with Crippen LogP contribution in [0.4, 0.5) is 0 Å². The fraction of sp³-hybridized carbons (Fsp3) is 0.938. The van der Waals surface area contributed by atoms with Gasteiger partial charge in [-0.2, -0.15) is 0 Å². The van der Waals surface area contributed by atoms with E-state index in [9.17, 15) is 4.79 Å². The molecule has 0 rings (SSSR count). The monoisotopic (exact) mass is 255 g/mol. The van der Waals surface area contributed by atoms with Crippen LogP contribution in [0.15, 0.2) is 0 Å². The van der Waals surface area contributed by atoms with E-state index in [4.69, 9.17) is 0 Å². The van der Waals surface area contributed by atoms with Crippen LogP contribution >= 0.6 is 0 Å². The standard InChI is InChI=1S/C16H33NO/c1-5-14-17-15(18)12-10-8-6-7-9-11-13-16(2,3)4/h5-14H2,1-4H3,(H,17,18). The van der Waals surface area contributed by atoms with Crippen molar-refractivity contribution in [1.82, 2.24) is 5.32 Å². The average Bonchev–Trinajstić information content (AvgIpc) is 2.28. The summed E-state index contributed by atoms with van der Waals surface area (Å²) in [5.41, 5.74) is 0.483. The summed E-state index contributed by atoms with van der Waals surface area (Å²) in [6, 6.07) is 0. The molecule has 0 bridgehead atoms. The molecule has 0 aromatic rings. The maximum Gasteiger partial charge on any atom is 0.219 e. The third-order valence-electron chi connectivity index (χ3n) is 3.15. The van der Waals surface area contributed by atoms with Crippen molar-refractivity contribution in [1.29, 1.82) is 0 Å². The first-order valence-electron chi connectivity index (χ1n) is 7.72. The Morgan fingerprint density at radius 3 is 2.06 bits per heavy atom. The van der Waals surface area contributed by atoms with Crippen molar-refractivity contribution in [2.24, 2.45) is 5.41 Å². The minimum absolute atomic E-state index is 0.226. The Hall–Kier alpha value is -0.530. The lowest BCUT2D eigenvalue weighted by atomic mass is 9.89. The van der Waals surface area contributed by atoms with Crippen LogP contribution in [0, 0.1) is 5.41 Å². The maximum absolute atomic E-state index is 11.3. The minimum Gasteiger partial charge on any atom is -0.356 e. The fourth-order valence-corrected chi connectivity index (χ4v) is 2.00. The summed E-state index contributed by atoms with van der Waals surface area (Å²) < 4.78 is 0. The predicted molar refractivity (Wildman–Crippen MR) is 79.7 cm³/mol. The number of hydrogen-bond donors (Lipinski definition) is 1. The normalized spacial score (nSPS) is 11.6. The molecule has 0 heterocycles. The average molecular weight is 255 g/mol. The number of carbonyl (C=O) groups is 1. The lowest BCUT2D eigenvalue weighted by molar-refractivity contribution is -0.121. The van der Waals surface area contributed by atoms with Crippen molar-refractivity contribution >= 4 is 5.91 Å². The molecule has 0 aliphatic heterocycles. The highest BCUT2D eigenvalue weighted by molar-refractivity contribution is 5.75. The van der Waals surface area contributed by atoms with Crippen LogP contribution in [0.3, 0.4) is 0 Å². The topological polar surface area (TPSA) is 29.1 Å². The van der Waals surface area contributed by atoms with Gasteiger partial charge in [0.1, 0.15) is 0 Å². The van der Waals surface area contributed by atoms with E-state index in [1.165, 1.54) is 38.5 Å². The molecular weight excluding hydrogens is 222 g/mol. The van der Waals surface area contributed by atoms with Gasteiger partial charge in [0.25, 0.3) is 0 Å². The van der Waals surface area contributed by atoms with Crippen LogP contribution < -0.4 is 5.32 Å². The molecule has 0 radical (unpaired) electrons. The molecule has 2 nitrogen and oxygen atoms in total. The molecule has 2 heteroatoms. The van der Waals surface area contributed by atoms with Gasteiger partial charge in [-0.25, -0.2) is 0 Å². The summed E-state index contributed by atoms with van der Waals surface area (Å²) in [7, 11) is 0. The number of hydrogen-bond acceptors (Lipinski definition) is 1. The Morgan fingerprint density at radius 2 is 1.50 bits per heavy atom. The zero-order valence-electron chi connectivity index (χ0n) is 13.0. The van der Waals surface area contributed by atoms with E-state index in [1.807, 2.05) is 0 Å². The first-order valence-corrected chi connectivity index (χ1v) is 7.72. The third kappa shape index (κ3) is 13.5. The molecule has 108 valence electrons. The second-order valence-electron chi connectivity index (χ2n) is 6.53.